The van der Waals surface area contributed by atoms with Gasteiger partial charge in [0.25, 0.3) is 0 Å². The second-order valence-electron chi connectivity index (χ2n) is 3.69. The molecule has 0 aliphatic carbocycles. The van der Waals surface area contributed by atoms with Gasteiger partial charge in [0.15, 0.2) is 0 Å². The average Bonchev–Trinajstić information content (AvgIpc) is 2.19. The predicted octanol–water partition coefficient (Wildman–Crippen LogP) is 1.88. The summed E-state index contributed by atoms with van der Waals surface area (Å²) in [6.45, 7) is 1.94. The molecular formula is C11H11NO3S. The molecule has 1 unspecified atom stereocenters. The van der Waals surface area contributed by atoms with E-state index >= 15 is 0 Å². The number of carbonyl (C=O) groups excluding carboxylic acids is 1. The maximum atomic E-state index is 11.6. The highest BCUT2D eigenvalue weighted by Gasteiger charge is 2.28. The van der Waals surface area contributed by atoms with Gasteiger partial charge in [-0.3, -0.25) is 9.59 Å². The SMILES string of the molecule is Cc1ccc2c(c1)NC(=O)C(CC(=O)O)S2. The Bertz CT molecular complexity index is 459. The van der Waals surface area contributed by atoms with Crippen LogP contribution in [0, 0.1) is 6.92 Å². The van der Waals surface area contributed by atoms with Crippen molar-refractivity contribution < 1.29 is 14.7 Å². The van der Waals surface area contributed by atoms with Crippen LogP contribution >= 0.6 is 11.8 Å². The molecule has 1 aromatic rings. The molecule has 5 heteroatoms. The third-order valence-electron chi connectivity index (χ3n) is 2.31. The van der Waals surface area contributed by atoms with Crippen LogP contribution in [0.4, 0.5) is 5.69 Å². The van der Waals surface area contributed by atoms with Crippen LogP contribution in [-0.2, 0) is 9.59 Å². The van der Waals surface area contributed by atoms with E-state index in [0.717, 1.165) is 16.1 Å². The molecule has 1 aliphatic rings. The van der Waals surface area contributed by atoms with Crippen molar-refractivity contribution in [2.24, 2.45) is 0 Å². The lowest BCUT2D eigenvalue weighted by molar-refractivity contribution is -0.138. The number of amides is 1. The molecule has 1 heterocycles. The highest BCUT2D eigenvalue weighted by molar-refractivity contribution is 8.01. The number of nitrogens with one attached hydrogen (secondary N) is 1. The van der Waals surface area contributed by atoms with Crippen LogP contribution in [0.1, 0.15) is 12.0 Å². The highest BCUT2D eigenvalue weighted by atomic mass is 32.2. The first kappa shape index (κ1) is 11.0. The van der Waals surface area contributed by atoms with Crippen LogP contribution in [0.15, 0.2) is 23.1 Å². The summed E-state index contributed by atoms with van der Waals surface area (Å²) in [6, 6.07) is 5.74. The van der Waals surface area contributed by atoms with E-state index in [2.05, 4.69) is 5.32 Å². The first-order valence-electron chi connectivity index (χ1n) is 4.86. The first-order valence-corrected chi connectivity index (χ1v) is 5.74. The molecule has 0 saturated carbocycles. The van der Waals surface area contributed by atoms with Gasteiger partial charge < -0.3 is 10.4 Å². The number of benzene rings is 1. The smallest absolute Gasteiger partial charge is 0.305 e. The van der Waals surface area contributed by atoms with Crippen molar-refractivity contribution in [3.8, 4) is 0 Å². The number of rotatable bonds is 2. The zero-order valence-electron chi connectivity index (χ0n) is 8.69. The maximum Gasteiger partial charge on any atom is 0.305 e. The molecule has 1 aromatic carbocycles. The van der Waals surface area contributed by atoms with Gasteiger partial charge in [0.1, 0.15) is 0 Å². The van der Waals surface area contributed by atoms with Gasteiger partial charge in [-0.05, 0) is 24.6 Å². The lowest BCUT2D eigenvalue weighted by atomic mass is 10.2. The molecule has 0 aromatic heterocycles. The van der Waals surface area contributed by atoms with Crippen molar-refractivity contribution in [2.75, 3.05) is 5.32 Å². The van der Waals surface area contributed by atoms with Crippen LogP contribution in [-0.4, -0.2) is 22.2 Å². The molecule has 0 fully saturated rings. The topological polar surface area (TPSA) is 66.4 Å². The molecule has 0 saturated heterocycles. The number of aryl methyl sites for hydroxylation is 1. The van der Waals surface area contributed by atoms with Crippen LogP contribution in [0.25, 0.3) is 0 Å². The quantitative estimate of drug-likeness (QED) is 0.824. The number of anilines is 1. The van der Waals surface area contributed by atoms with Gasteiger partial charge in [-0.1, -0.05) is 6.07 Å². The number of carboxylic acid groups (broad SMARTS) is 1. The molecule has 1 amide bonds. The number of fused-ring (bicyclic) bond motifs is 1. The second-order valence-corrected chi connectivity index (χ2v) is 4.94. The number of thioether (sulfide) groups is 1. The maximum absolute atomic E-state index is 11.6. The van der Waals surface area contributed by atoms with E-state index in [9.17, 15) is 9.59 Å². The van der Waals surface area contributed by atoms with Crippen molar-refractivity contribution in [1.82, 2.24) is 0 Å². The third-order valence-corrected chi connectivity index (χ3v) is 3.59. The number of carboxylic acids is 1. The summed E-state index contributed by atoms with van der Waals surface area (Å²) in [5.41, 5.74) is 1.84. The molecule has 1 aliphatic heterocycles. The molecule has 0 radical (unpaired) electrons. The van der Waals surface area contributed by atoms with Gasteiger partial charge in [-0.25, -0.2) is 0 Å². The standard InChI is InChI=1S/C11H11NO3S/c1-6-2-3-8-7(4-6)12-11(15)9(16-8)5-10(13)14/h2-4,9H,5H2,1H3,(H,12,15)(H,13,14). The summed E-state index contributed by atoms with van der Waals surface area (Å²) >= 11 is 1.31. The summed E-state index contributed by atoms with van der Waals surface area (Å²) in [6.07, 6.45) is -0.149. The summed E-state index contributed by atoms with van der Waals surface area (Å²) < 4.78 is 0. The Balaban J connectivity index is 2.25. The van der Waals surface area contributed by atoms with Crippen LogP contribution in [0.2, 0.25) is 0 Å². The van der Waals surface area contributed by atoms with E-state index in [1.807, 2.05) is 25.1 Å². The number of aliphatic carboxylic acids is 1. The van der Waals surface area contributed by atoms with Crippen molar-refractivity contribution in [1.29, 1.82) is 0 Å². The lowest BCUT2D eigenvalue weighted by Gasteiger charge is -2.23. The van der Waals surface area contributed by atoms with Gasteiger partial charge in [0.05, 0.1) is 17.4 Å². The zero-order valence-corrected chi connectivity index (χ0v) is 9.50. The second kappa shape index (κ2) is 4.17. The summed E-state index contributed by atoms with van der Waals surface area (Å²) in [4.78, 5) is 23.1. The van der Waals surface area contributed by atoms with E-state index in [1.54, 1.807) is 0 Å². The first-order chi connectivity index (χ1) is 7.56. The summed E-state index contributed by atoms with van der Waals surface area (Å²) in [5.74, 6) is -1.19. The fourth-order valence-corrected chi connectivity index (χ4v) is 2.64. The molecule has 0 spiro atoms. The minimum absolute atomic E-state index is 0.149. The van der Waals surface area contributed by atoms with E-state index in [-0.39, 0.29) is 12.3 Å². The van der Waals surface area contributed by atoms with E-state index in [1.165, 1.54) is 11.8 Å². The Morgan fingerprint density at radius 3 is 3.00 bits per heavy atom. The molecule has 16 heavy (non-hydrogen) atoms. The number of hydrogen-bond donors (Lipinski definition) is 2. The van der Waals surface area contributed by atoms with E-state index in [0.29, 0.717) is 0 Å². The van der Waals surface area contributed by atoms with Crippen LogP contribution in [0.5, 0.6) is 0 Å². The van der Waals surface area contributed by atoms with Gasteiger partial charge in [0, 0.05) is 4.90 Å². The third kappa shape index (κ3) is 2.19. The molecule has 0 bridgehead atoms. The zero-order chi connectivity index (χ0) is 11.7. The van der Waals surface area contributed by atoms with Gasteiger partial charge >= 0.3 is 5.97 Å². The van der Waals surface area contributed by atoms with Crippen molar-refractivity contribution in [3.05, 3.63) is 23.8 Å². The fourth-order valence-electron chi connectivity index (χ4n) is 1.56. The van der Waals surface area contributed by atoms with Gasteiger partial charge in [-0.15, -0.1) is 11.8 Å². The molecule has 2 N–H and O–H groups in total. The summed E-state index contributed by atoms with van der Waals surface area (Å²) in [7, 11) is 0. The molecular weight excluding hydrogens is 226 g/mol. The monoisotopic (exact) mass is 237 g/mol. The minimum Gasteiger partial charge on any atom is -0.481 e. The lowest BCUT2D eigenvalue weighted by Crippen LogP contribution is -2.30. The van der Waals surface area contributed by atoms with Gasteiger partial charge in [0.2, 0.25) is 5.91 Å². The van der Waals surface area contributed by atoms with Crippen molar-refractivity contribution >= 4 is 29.3 Å². The summed E-state index contributed by atoms with van der Waals surface area (Å²) in [5, 5.41) is 10.9. The molecule has 1 atom stereocenters. The minimum atomic E-state index is -0.955. The normalized spacial score (nSPS) is 18.8. The Morgan fingerprint density at radius 1 is 1.56 bits per heavy atom. The fraction of sp³-hybridized carbons (Fsp3) is 0.273. The molecule has 4 nitrogen and oxygen atoms in total. The number of hydrogen-bond acceptors (Lipinski definition) is 3. The van der Waals surface area contributed by atoms with Crippen molar-refractivity contribution in [3.63, 3.8) is 0 Å². The van der Waals surface area contributed by atoms with Crippen LogP contribution in [0.3, 0.4) is 0 Å². The largest absolute Gasteiger partial charge is 0.481 e. The average molecular weight is 237 g/mol. The Morgan fingerprint density at radius 2 is 2.31 bits per heavy atom. The molecule has 2 rings (SSSR count). The van der Waals surface area contributed by atoms with Gasteiger partial charge in [-0.2, -0.15) is 0 Å². The Hall–Kier alpha value is -1.49. The van der Waals surface area contributed by atoms with Crippen molar-refractivity contribution in [2.45, 2.75) is 23.5 Å². The molecule has 84 valence electrons. The number of carbonyl (C=O) groups is 2. The highest BCUT2D eigenvalue weighted by Crippen LogP contribution is 2.37. The Labute approximate surface area is 97.0 Å². The van der Waals surface area contributed by atoms with Crippen LogP contribution < -0.4 is 5.32 Å². The van der Waals surface area contributed by atoms with E-state index < -0.39 is 11.2 Å². The predicted molar refractivity (Wildman–Crippen MR) is 61.7 cm³/mol. The Kier molecular flexibility index (Phi) is 2.87. The van der Waals surface area contributed by atoms with E-state index in [4.69, 9.17) is 5.11 Å².